The number of hydrogen-bond acceptors (Lipinski definition) is 6. The molecule has 116 valence electrons. The maximum Gasteiger partial charge on any atom is 0.338 e. The van der Waals surface area contributed by atoms with Gasteiger partial charge >= 0.3 is 5.97 Å². The summed E-state index contributed by atoms with van der Waals surface area (Å²) in [4.78, 5) is 20.2. The van der Waals surface area contributed by atoms with Crippen LogP contribution in [0.3, 0.4) is 0 Å². The van der Waals surface area contributed by atoms with E-state index in [1.54, 1.807) is 36.0 Å². The third-order valence-corrected chi connectivity index (χ3v) is 3.67. The van der Waals surface area contributed by atoms with Crippen molar-refractivity contribution in [2.75, 3.05) is 0 Å². The van der Waals surface area contributed by atoms with Crippen LogP contribution in [0.1, 0.15) is 21.7 Å². The number of carbonyl (C=O) groups is 1. The molecule has 0 atom stereocenters. The summed E-state index contributed by atoms with van der Waals surface area (Å²) in [7, 11) is 0. The second kappa shape index (κ2) is 7.51. The summed E-state index contributed by atoms with van der Waals surface area (Å²) in [5, 5.41) is 1.93. The van der Waals surface area contributed by atoms with Gasteiger partial charge in [-0.2, -0.15) is 0 Å². The van der Waals surface area contributed by atoms with Crippen molar-refractivity contribution in [3.63, 3.8) is 0 Å². The number of aromatic nitrogens is 2. The average molecular weight is 326 g/mol. The quantitative estimate of drug-likeness (QED) is 0.649. The van der Waals surface area contributed by atoms with Crippen molar-refractivity contribution < 1.29 is 14.3 Å². The van der Waals surface area contributed by atoms with E-state index in [1.165, 1.54) is 11.3 Å². The van der Waals surface area contributed by atoms with E-state index in [9.17, 15) is 4.79 Å². The number of ether oxygens (including phenoxy) is 2. The molecular weight excluding hydrogens is 312 g/mol. The van der Waals surface area contributed by atoms with E-state index in [0.29, 0.717) is 23.6 Å². The van der Waals surface area contributed by atoms with Crippen molar-refractivity contribution in [2.24, 2.45) is 0 Å². The molecule has 2 aromatic heterocycles. The Morgan fingerprint density at radius 2 is 1.87 bits per heavy atom. The fraction of sp³-hybridized carbons (Fsp3) is 0.118. The molecule has 5 nitrogen and oxygen atoms in total. The molecule has 0 saturated heterocycles. The molecule has 0 bridgehead atoms. The Kier molecular flexibility index (Phi) is 4.95. The third kappa shape index (κ3) is 4.37. The lowest BCUT2D eigenvalue weighted by atomic mass is 10.2. The van der Waals surface area contributed by atoms with E-state index in [2.05, 4.69) is 9.97 Å². The summed E-state index contributed by atoms with van der Waals surface area (Å²) in [6.07, 6.45) is 1.66. The first-order valence-electron chi connectivity index (χ1n) is 6.98. The molecule has 6 heteroatoms. The molecule has 0 saturated carbocycles. The highest BCUT2D eigenvalue weighted by molar-refractivity contribution is 7.07. The van der Waals surface area contributed by atoms with E-state index >= 15 is 0 Å². The van der Waals surface area contributed by atoms with E-state index in [4.69, 9.17) is 9.47 Å². The van der Waals surface area contributed by atoms with Gasteiger partial charge in [0.15, 0.2) is 0 Å². The summed E-state index contributed by atoms with van der Waals surface area (Å²) < 4.78 is 10.8. The molecule has 0 radical (unpaired) electrons. The van der Waals surface area contributed by atoms with Gasteiger partial charge in [-0.05, 0) is 36.4 Å². The summed E-state index contributed by atoms with van der Waals surface area (Å²) in [6.45, 7) is 0.564. The predicted molar refractivity (Wildman–Crippen MR) is 86.2 cm³/mol. The van der Waals surface area contributed by atoms with E-state index in [0.717, 1.165) is 5.69 Å². The fourth-order valence-corrected chi connectivity index (χ4v) is 2.40. The average Bonchev–Trinajstić information content (AvgIpc) is 3.13. The molecule has 3 aromatic rings. The van der Waals surface area contributed by atoms with Gasteiger partial charge in [0.1, 0.15) is 19.0 Å². The Hall–Kier alpha value is -2.73. The van der Waals surface area contributed by atoms with Crippen molar-refractivity contribution >= 4 is 17.3 Å². The largest absolute Gasteiger partial charge is 0.487 e. The van der Waals surface area contributed by atoms with Crippen LogP contribution in [0.2, 0.25) is 0 Å². The van der Waals surface area contributed by atoms with Crippen LogP contribution in [0.15, 0.2) is 59.6 Å². The second-order valence-corrected chi connectivity index (χ2v) is 5.41. The first-order chi connectivity index (χ1) is 11.3. The Morgan fingerprint density at radius 1 is 1.00 bits per heavy atom. The topological polar surface area (TPSA) is 61.3 Å². The number of benzene rings is 1. The maximum atomic E-state index is 12.0. The van der Waals surface area contributed by atoms with E-state index < -0.39 is 0 Å². The molecule has 0 amide bonds. The van der Waals surface area contributed by atoms with Gasteiger partial charge in [-0.1, -0.05) is 6.07 Å². The molecule has 0 fully saturated rings. The van der Waals surface area contributed by atoms with Gasteiger partial charge < -0.3 is 9.47 Å². The smallest absolute Gasteiger partial charge is 0.338 e. The second-order valence-electron chi connectivity index (χ2n) is 4.69. The highest BCUT2D eigenvalue weighted by Gasteiger charge is 2.08. The monoisotopic (exact) mass is 326 g/mol. The highest BCUT2D eigenvalue weighted by atomic mass is 32.1. The lowest BCUT2D eigenvalue weighted by Crippen LogP contribution is -2.06. The summed E-state index contributed by atoms with van der Waals surface area (Å²) >= 11 is 1.53. The molecule has 2 heterocycles. The molecule has 0 aliphatic rings. The van der Waals surface area contributed by atoms with Crippen molar-refractivity contribution in [3.05, 3.63) is 76.5 Å². The third-order valence-electron chi connectivity index (χ3n) is 3.04. The molecular formula is C17H14N2O3S. The first kappa shape index (κ1) is 15.2. The van der Waals surface area contributed by atoms with Crippen LogP contribution in [-0.2, 0) is 18.0 Å². The van der Waals surface area contributed by atoms with Crippen molar-refractivity contribution in [2.45, 2.75) is 13.2 Å². The molecule has 1 aromatic carbocycles. The number of esters is 1. The Morgan fingerprint density at radius 3 is 2.57 bits per heavy atom. The molecule has 0 aliphatic carbocycles. The van der Waals surface area contributed by atoms with Crippen LogP contribution in [0, 0.1) is 0 Å². The van der Waals surface area contributed by atoms with Crippen LogP contribution in [0.4, 0.5) is 0 Å². The number of rotatable bonds is 6. The number of nitrogens with zero attached hydrogens (tertiary/aromatic N) is 2. The van der Waals surface area contributed by atoms with Gasteiger partial charge in [0.2, 0.25) is 0 Å². The van der Waals surface area contributed by atoms with Crippen LogP contribution < -0.4 is 4.74 Å². The van der Waals surface area contributed by atoms with Crippen LogP contribution >= 0.6 is 11.3 Å². The lowest BCUT2D eigenvalue weighted by molar-refractivity contribution is 0.0467. The highest BCUT2D eigenvalue weighted by Crippen LogP contribution is 2.15. The van der Waals surface area contributed by atoms with Gasteiger partial charge in [0.05, 0.1) is 22.5 Å². The van der Waals surface area contributed by atoms with Gasteiger partial charge in [-0.3, -0.25) is 4.98 Å². The number of hydrogen-bond donors (Lipinski definition) is 0. The van der Waals surface area contributed by atoms with Crippen LogP contribution in [0.25, 0.3) is 0 Å². The summed E-state index contributed by atoms with van der Waals surface area (Å²) in [5.41, 5.74) is 3.83. The number of thiazole rings is 1. The minimum absolute atomic E-state index is 0.155. The Bertz CT molecular complexity index is 743. The molecule has 0 spiro atoms. The molecule has 0 unspecified atom stereocenters. The molecule has 0 aliphatic heterocycles. The Labute approximate surface area is 137 Å². The number of pyridine rings is 1. The Balaban J connectivity index is 1.53. The van der Waals surface area contributed by atoms with Crippen molar-refractivity contribution in [3.8, 4) is 5.75 Å². The van der Waals surface area contributed by atoms with Gasteiger partial charge in [0, 0.05) is 11.6 Å². The van der Waals surface area contributed by atoms with Crippen LogP contribution in [0.5, 0.6) is 5.75 Å². The molecule has 23 heavy (non-hydrogen) atoms. The summed E-state index contributed by atoms with van der Waals surface area (Å²) in [5.74, 6) is 0.293. The minimum Gasteiger partial charge on any atom is -0.487 e. The van der Waals surface area contributed by atoms with Gasteiger partial charge in [-0.25, -0.2) is 9.78 Å². The molecule has 0 N–H and O–H groups in total. The van der Waals surface area contributed by atoms with Crippen LogP contribution in [-0.4, -0.2) is 15.9 Å². The normalized spacial score (nSPS) is 10.3. The zero-order valence-electron chi connectivity index (χ0n) is 12.2. The zero-order chi connectivity index (χ0) is 15.9. The maximum absolute atomic E-state index is 12.0. The van der Waals surface area contributed by atoms with E-state index in [1.807, 2.05) is 23.6 Å². The zero-order valence-corrected chi connectivity index (χ0v) is 13.0. The lowest BCUT2D eigenvalue weighted by Gasteiger charge is -2.06. The molecule has 3 rings (SSSR count). The standard InChI is InChI=1S/C17H14N2O3S/c20-17(22-9-14-3-1-2-8-18-14)13-4-6-16(7-5-13)21-10-15-11-23-12-19-15/h1-8,11-12H,9-10H2. The van der Waals surface area contributed by atoms with E-state index in [-0.39, 0.29) is 12.6 Å². The predicted octanol–water partition coefficient (Wildman–Crippen LogP) is 3.47. The van der Waals surface area contributed by atoms with Gasteiger partial charge in [0.25, 0.3) is 0 Å². The van der Waals surface area contributed by atoms with Gasteiger partial charge in [-0.15, -0.1) is 11.3 Å². The number of carbonyl (C=O) groups excluding carboxylic acids is 1. The minimum atomic E-state index is -0.387. The summed E-state index contributed by atoms with van der Waals surface area (Å²) in [6, 6.07) is 12.3. The van der Waals surface area contributed by atoms with Crippen molar-refractivity contribution in [1.82, 2.24) is 9.97 Å². The van der Waals surface area contributed by atoms with Crippen molar-refractivity contribution in [1.29, 1.82) is 0 Å². The SMILES string of the molecule is O=C(OCc1ccccn1)c1ccc(OCc2cscn2)cc1. The first-order valence-corrected chi connectivity index (χ1v) is 7.92. The fourth-order valence-electron chi connectivity index (χ4n) is 1.86.